The molecule has 0 radical (unpaired) electrons. The monoisotopic (exact) mass is 531 g/mol. The van der Waals surface area contributed by atoms with Gasteiger partial charge in [0.1, 0.15) is 23.1 Å². The number of amides is 3. The van der Waals surface area contributed by atoms with E-state index in [9.17, 15) is 9.59 Å². The van der Waals surface area contributed by atoms with Crippen LogP contribution >= 0.6 is 11.6 Å². The number of likely N-dealkylation sites (tertiary alicyclic amines) is 2. The lowest BCUT2D eigenvalue weighted by molar-refractivity contribution is -0.0219. The van der Waals surface area contributed by atoms with Gasteiger partial charge in [-0.2, -0.15) is 4.98 Å². The Morgan fingerprint density at radius 2 is 1.86 bits per heavy atom. The van der Waals surface area contributed by atoms with Crippen molar-refractivity contribution in [3.8, 4) is 5.75 Å². The van der Waals surface area contributed by atoms with Gasteiger partial charge in [0.25, 0.3) is 0 Å². The van der Waals surface area contributed by atoms with Gasteiger partial charge >= 0.3 is 12.1 Å². The Morgan fingerprint density at radius 1 is 1.16 bits per heavy atom. The number of anilines is 1. The van der Waals surface area contributed by atoms with Crippen LogP contribution in [0.3, 0.4) is 0 Å². The number of carbonyl (C=O) groups is 2. The number of nitrogens with zero attached hydrogens (tertiary/aromatic N) is 4. The SMILES string of the molecule is CC(C)(C)OC(=O)N1CC(Oc2cccc(Cl)c2NC(=O)N2CCC(C)(c3noc(C4CC4)n3)CC2)C1. The fraction of sp³-hybridized carbons (Fsp3) is 0.615. The summed E-state index contributed by atoms with van der Waals surface area (Å²) in [5.74, 6) is 2.36. The summed E-state index contributed by atoms with van der Waals surface area (Å²) in [5.41, 5.74) is -0.355. The summed E-state index contributed by atoms with van der Waals surface area (Å²) < 4.78 is 16.9. The molecule has 5 rings (SSSR count). The summed E-state index contributed by atoms with van der Waals surface area (Å²) in [6.45, 7) is 9.54. The molecule has 3 aliphatic rings. The minimum absolute atomic E-state index is 0.215. The summed E-state index contributed by atoms with van der Waals surface area (Å²) >= 11 is 6.44. The van der Waals surface area contributed by atoms with Gasteiger partial charge in [0.15, 0.2) is 5.82 Å². The van der Waals surface area contributed by atoms with Gasteiger partial charge in [-0.3, -0.25) is 0 Å². The number of nitrogens with one attached hydrogen (secondary N) is 1. The summed E-state index contributed by atoms with van der Waals surface area (Å²) in [4.78, 5) is 33.3. The van der Waals surface area contributed by atoms with Gasteiger partial charge in [-0.1, -0.05) is 29.7 Å². The third-order valence-corrected chi connectivity index (χ3v) is 7.38. The average molecular weight is 532 g/mol. The number of aromatic nitrogens is 2. The Labute approximate surface area is 221 Å². The lowest BCUT2D eigenvalue weighted by Gasteiger charge is -2.40. The number of rotatable bonds is 5. The van der Waals surface area contributed by atoms with Crippen molar-refractivity contribution >= 4 is 29.4 Å². The lowest BCUT2D eigenvalue weighted by atomic mass is 9.80. The van der Waals surface area contributed by atoms with Gasteiger partial charge in [0.2, 0.25) is 5.89 Å². The van der Waals surface area contributed by atoms with Crippen LogP contribution < -0.4 is 10.1 Å². The minimum atomic E-state index is -0.551. The van der Waals surface area contributed by atoms with E-state index < -0.39 is 5.60 Å². The predicted octanol–water partition coefficient (Wildman–Crippen LogP) is 5.18. The highest BCUT2D eigenvalue weighted by atomic mass is 35.5. The fourth-order valence-electron chi connectivity index (χ4n) is 4.48. The van der Waals surface area contributed by atoms with E-state index in [-0.39, 0.29) is 23.6 Å². The van der Waals surface area contributed by atoms with Crippen LogP contribution in [-0.4, -0.2) is 69.9 Å². The van der Waals surface area contributed by atoms with Crippen LogP contribution in [-0.2, 0) is 10.2 Å². The molecule has 0 atom stereocenters. The molecule has 200 valence electrons. The number of benzene rings is 1. The molecular formula is C26H34ClN5O5. The van der Waals surface area contributed by atoms with Crippen molar-refractivity contribution in [2.24, 2.45) is 0 Å². The quantitative estimate of drug-likeness (QED) is 0.565. The molecule has 37 heavy (non-hydrogen) atoms. The summed E-state index contributed by atoms with van der Waals surface area (Å²) in [7, 11) is 0. The Hall–Kier alpha value is -3.01. The van der Waals surface area contributed by atoms with E-state index in [1.54, 1.807) is 28.0 Å². The molecule has 1 aromatic carbocycles. The highest BCUT2D eigenvalue weighted by Crippen LogP contribution is 2.41. The van der Waals surface area contributed by atoms with Crippen LogP contribution in [0.25, 0.3) is 0 Å². The van der Waals surface area contributed by atoms with Gasteiger partial charge in [-0.05, 0) is 58.6 Å². The van der Waals surface area contributed by atoms with E-state index in [1.807, 2.05) is 20.8 Å². The molecule has 0 bridgehead atoms. The molecule has 3 fully saturated rings. The molecule has 1 aromatic heterocycles. The van der Waals surface area contributed by atoms with Crippen molar-refractivity contribution in [2.45, 2.75) is 76.4 Å². The van der Waals surface area contributed by atoms with Crippen molar-refractivity contribution in [1.82, 2.24) is 19.9 Å². The van der Waals surface area contributed by atoms with E-state index in [0.29, 0.717) is 48.6 Å². The first-order valence-corrected chi connectivity index (χ1v) is 13.2. The van der Waals surface area contributed by atoms with Crippen molar-refractivity contribution in [3.63, 3.8) is 0 Å². The van der Waals surface area contributed by atoms with Crippen LogP contribution in [0.4, 0.5) is 15.3 Å². The van der Waals surface area contributed by atoms with Crippen molar-refractivity contribution < 1.29 is 23.6 Å². The zero-order chi connectivity index (χ0) is 26.4. The van der Waals surface area contributed by atoms with Crippen LogP contribution in [0.1, 0.15) is 71.0 Å². The number of para-hydroxylation sites is 1. The highest BCUT2D eigenvalue weighted by molar-refractivity contribution is 6.34. The topological polar surface area (TPSA) is 110 Å². The van der Waals surface area contributed by atoms with Crippen LogP contribution in [0.15, 0.2) is 22.7 Å². The minimum Gasteiger partial charge on any atom is -0.484 e. The van der Waals surface area contributed by atoms with Crippen molar-refractivity contribution in [3.05, 3.63) is 34.9 Å². The second kappa shape index (κ2) is 9.70. The second-order valence-corrected chi connectivity index (χ2v) is 11.9. The van der Waals surface area contributed by atoms with Gasteiger partial charge in [0, 0.05) is 24.4 Å². The first-order valence-electron chi connectivity index (χ1n) is 12.8. The molecule has 2 aliphatic heterocycles. The lowest BCUT2D eigenvalue weighted by Crippen LogP contribution is -2.57. The molecule has 3 amide bonds. The zero-order valence-electron chi connectivity index (χ0n) is 21.8. The molecular weight excluding hydrogens is 498 g/mol. The van der Waals surface area contributed by atoms with E-state index >= 15 is 0 Å². The van der Waals surface area contributed by atoms with Crippen molar-refractivity contribution in [1.29, 1.82) is 0 Å². The maximum Gasteiger partial charge on any atom is 0.410 e. The van der Waals surface area contributed by atoms with E-state index in [0.717, 1.165) is 37.4 Å². The van der Waals surface area contributed by atoms with Crippen LogP contribution in [0, 0.1) is 0 Å². The Morgan fingerprint density at radius 3 is 2.51 bits per heavy atom. The Balaban J connectivity index is 1.16. The molecule has 1 N–H and O–H groups in total. The fourth-order valence-corrected chi connectivity index (χ4v) is 4.69. The van der Waals surface area contributed by atoms with Gasteiger partial charge in [-0.25, -0.2) is 9.59 Å². The zero-order valence-corrected chi connectivity index (χ0v) is 22.5. The van der Waals surface area contributed by atoms with E-state index in [4.69, 9.17) is 25.6 Å². The molecule has 2 saturated heterocycles. The summed E-state index contributed by atoms with van der Waals surface area (Å²) in [5, 5.41) is 7.56. The predicted molar refractivity (Wildman–Crippen MR) is 137 cm³/mol. The van der Waals surface area contributed by atoms with Crippen LogP contribution in [0.2, 0.25) is 5.02 Å². The maximum atomic E-state index is 13.1. The number of piperidine rings is 1. The van der Waals surface area contributed by atoms with Gasteiger partial charge < -0.3 is 29.1 Å². The normalized spacial score (nSPS) is 19.8. The number of carbonyl (C=O) groups excluding carboxylic acids is 2. The average Bonchev–Trinajstić information content (AvgIpc) is 3.52. The number of hydrogen-bond donors (Lipinski definition) is 1. The molecule has 0 spiro atoms. The number of urea groups is 1. The smallest absolute Gasteiger partial charge is 0.410 e. The number of hydrogen-bond acceptors (Lipinski definition) is 7. The standard InChI is InChI=1S/C26H34ClN5O5/c1-25(2,3)36-24(34)32-14-17(15-32)35-19-7-5-6-18(27)20(19)28-23(33)31-12-10-26(4,11-13-31)22-29-21(37-30-22)16-8-9-16/h5-7,16-17H,8-15H2,1-4H3,(H,28,33). The summed E-state index contributed by atoms with van der Waals surface area (Å²) in [6, 6.07) is 5.00. The molecule has 0 unspecified atom stereocenters. The molecule has 3 heterocycles. The third-order valence-electron chi connectivity index (χ3n) is 7.06. The highest BCUT2D eigenvalue weighted by Gasteiger charge is 2.40. The molecule has 2 aromatic rings. The van der Waals surface area contributed by atoms with E-state index in [1.165, 1.54) is 0 Å². The first-order chi connectivity index (χ1) is 17.5. The Bertz CT molecular complexity index is 1160. The molecule has 11 heteroatoms. The molecule has 1 aliphatic carbocycles. The summed E-state index contributed by atoms with van der Waals surface area (Å²) in [6.07, 6.45) is 3.12. The molecule has 10 nitrogen and oxygen atoms in total. The van der Waals surface area contributed by atoms with Gasteiger partial charge in [0.05, 0.1) is 18.1 Å². The van der Waals surface area contributed by atoms with Gasteiger partial charge in [-0.15, -0.1) is 0 Å². The van der Waals surface area contributed by atoms with E-state index in [2.05, 4.69) is 22.4 Å². The third kappa shape index (κ3) is 5.79. The number of ether oxygens (including phenoxy) is 2. The second-order valence-electron chi connectivity index (χ2n) is 11.4. The largest absolute Gasteiger partial charge is 0.484 e. The van der Waals surface area contributed by atoms with Crippen LogP contribution in [0.5, 0.6) is 5.75 Å². The first kappa shape index (κ1) is 25.6. The maximum absolute atomic E-state index is 13.1. The molecule has 1 saturated carbocycles. The Kier molecular flexibility index (Phi) is 6.72. The number of halogens is 1. The van der Waals surface area contributed by atoms with Crippen molar-refractivity contribution in [2.75, 3.05) is 31.5 Å².